The predicted molar refractivity (Wildman–Crippen MR) is 72.1 cm³/mol. The van der Waals surface area contributed by atoms with Gasteiger partial charge >= 0.3 is 99.2 Å². The van der Waals surface area contributed by atoms with Crippen molar-refractivity contribution in [3.05, 3.63) is 35.4 Å². The minimum atomic E-state index is -1.74. The molecule has 1 aromatic rings. The van der Waals surface area contributed by atoms with Gasteiger partial charge in [0.25, 0.3) is 0 Å². The summed E-state index contributed by atoms with van der Waals surface area (Å²) in [4.78, 5) is 0. The summed E-state index contributed by atoms with van der Waals surface area (Å²) < 4.78 is 5.93. The zero-order valence-electron chi connectivity index (χ0n) is 10.6. The maximum atomic E-state index is 2.41. The molecule has 0 aliphatic rings. The summed E-state index contributed by atoms with van der Waals surface area (Å²) in [5, 5.41) is 0. The van der Waals surface area contributed by atoms with Crippen molar-refractivity contribution in [1.82, 2.24) is 0 Å². The maximum absolute atomic E-state index is 2.41. The molecule has 0 unspecified atom stereocenters. The second-order valence-electron chi connectivity index (χ2n) is 4.72. The van der Waals surface area contributed by atoms with Crippen molar-refractivity contribution >= 4 is 18.4 Å². The molecule has 0 bridgehead atoms. The van der Waals surface area contributed by atoms with Crippen molar-refractivity contribution in [2.45, 2.75) is 45.4 Å². The van der Waals surface area contributed by atoms with Crippen LogP contribution < -0.4 is 0 Å². The van der Waals surface area contributed by atoms with Crippen LogP contribution >= 0.6 is 0 Å². The Bertz CT molecular complexity index is 274. The van der Waals surface area contributed by atoms with E-state index >= 15 is 0 Å². The summed E-state index contributed by atoms with van der Waals surface area (Å²) in [7, 11) is 0. The second-order valence-corrected chi connectivity index (χ2v) is 20.3. The first-order chi connectivity index (χ1) is 7.15. The van der Waals surface area contributed by atoms with Gasteiger partial charge in [-0.2, -0.15) is 0 Å². The van der Waals surface area contributed by atoms with Crippen LogP contribution in [0.2, 0.25) is 13.3 Å². The molecule has 84 valence electrons. The van der Waals surface area contributed by atoms with Crippen LogP contribution in [0.15, 0.2) is 24.3 Å². The molecule has 0 fully saturated rings. The van der Waals surface area contributed by atoms with Crippen LogP contribution in [0.3, 0.4) is 0 Å². The molecule has 0 aliphatic heterocycles. The fraction of sp³-hybridized carbons (Fsp3) is 0.571. The number of benzene rings is 1. The monoisotopic (exact) mass is 312 g/mol. The van der Waals surface area contributed by atoms with Gasteiger partial charge in [0.05, 0.1) is 0 Å². The van der Waals surface area contributed by atoms with E-state index in [2.05, 4.69) is 52.0 Å². The van der Waals surface area contributed by atoms with Crippen molar-refractivity contribution in [3.8, 4) is 0 Å². The Morgan fingerprint density at radius 1 is 0.867 bits per heavy atom. The first-order valence-electron chi connectivity index (χ1n) is 6.21. The van der Waals surface area contributed by atoms with Crippen molar-refractivity contribution < 1.29 is 0 Å². The summed E-state index contributed by atoms with van der Waals surface area (Å²) in [5.41, 5.74) is 2.96. The fourth-order valence-electron chi connectivity index (χ4n) is 2.26. The molecular formula is C14H24Sn. The predicted octanol–water partition coefficient (Wildman–Crippen LogP) is 4.59. The molecule has 0 saturated heterocycles. The van der Waals surface area contributed by atoms with Crippen molar-refractivity contribution in [3.63, 3.8) is 0 Å². The average molecular weight is 311 g/mol. The van der Waals surface area contributed by atoms with Gasteiger partial charge in [-0.25, -0.2) is 0 Å². The molecule has 0 radical (unpaired) electrons. The van der Waals surface area contributed by atoms with Gasteiger partial charge in [-0.05, 0) is 0 Å². The summed E-state index contributed by atoms with van der Waals surface area (Å²) >= 11 is -1.74. The van der Waals surface area contributed by atoms with Crippen LogP contribution in [0.1, 0.15) is 31.9 Å². The van der Waals surface area contributed by atoms with E-state index in [1.807, 2.05) is 0 Å². The van der Waals surface area contributed by atoms with Gasteiger partial charge in [-0.3, -0.25) is 0 Å². The Morgan fingerprint density at radius 2 is 1.33 bits per heavy atom. The zero-order chi connectivity index (χ0) is 11.3. The van der Waals surface area contributed by atoms with Gasteiger partial charge in [-0.15, -0.1) is 0 Å². The van der Waals surface area contributed by atoms with E-state index in [0.717, 1.165) is 0 Å². The Labute approximate surface area is 99.0 Å². The summed E-state index contributed by atoms with van der Waals surface area (Å²) in [6.45, 7) is 9.41. The van der Waals surface area contributed by atoms with E-state index in [1.54, 1.807) is 5.56 Å². The van der Waals surface area contributed by atoms with E-state index in [1.165, 1.54) is 23.3 Å². The van der Waals surface area contributed by atoms with Gasteiger partial charge in [-0.1, -0.05) is 0 Å². The van der Waals surface area contributed by atoms with Crippen LogP contribution in [-0.2, 0) is 4.44 Å². The molecule has 0 saturated carbocycles. The molecule has 0 spiro atoms. The quantitative estimate of drug-likeness (QED) is 0.698. The SMILES string of the molecule is C[CH2][Sn]([CH2]C)([CH2]C)[CH2]c1ccc(C)cc1. The van der Waals surface area contributed by atoms with E-state index in [-0.39, 0.29) is 0 Å². The van der Waals surface area contributed by atoms with E-state index in [4.69, 9.17) is 0 Å². The molecule has 0 aromatic heterocycles. The summed E-state index contributed by atoms with van der Waals surface area (Å²) in [6, 6.07) is 9.18. The molecule has 0 amide bonds. The number of aryl methyl sites for hydroxylation is 1. The van der Waals surface area contributed by atoms with Crippen molar-refractivity contribution in [2.75, 3.05) is 0 Å². The first kappa shape index (κ1) is 13.1. The normalized spacial score (nSPS) is 11.7. The number of rotatable bonds is 5. The average Bonchev–Trinajstić information content (AvgIpc) is 2.29. The van der Waals surface area contributed by atoms with Crippen LogP contribution in [0, 0.1) is 6.92 Å². The van der Waals surface area contributed by atoms with Crippen LogP contribution in [-0.4, -0.2) is 18.4 Å². The van der Waals surface area contributed by atoms with Crippen LogP contribution in [0.5, 0.6) is 0 Å². The molecule has 0 nitrogen and oxygen atoms in total. The Balaban J connectivity index is 2.78. The third kappa shape index (κ3) is 3.51. The van der Waals surface area contributed by atoms with Gasteiger partial charge in [0.2, 0.25) is 0 Å². The minimum absolute atomic E-state index is 1.38. The molecule has 0 N–H and O–H groups in total. The third-order valence-corrected chi connectivity index (χ3v) is 20.1. The Hall–Kier alpha value is 0.0187. The molecule has 1 rings (SSSR count). The third-order valence-electron chi connectivity index (χ3n) is 3.95. The second kappa shape index (κ2) is 5.93. The Morgan fingerprint density at radius 3 is 1.73 bits per heavy atom. The fourth-order valence-corrected chi connectivity index (χ4v) is 11.8. The first-order valence-corrected chi connectivity index (χ1v) is 14.3. The standard InChI is InChI=1S/C8H9.3C2H5.Sn/c1-7-3-5-8(2)6-4-7;3*1-2;/h3-6H,1H2,2H3;3*1H2,2H3;. The summed E-state index contributed by atoms with van der Waals surface area (Å²) in [6.07, 6.45) is 0. The number of hydrogen-bond acceptors (Lipinski definition) is 0. The van der Waals surface area contributed by atoms with Crippen molar-refractivity contribution in [1.29, 1.82) is 0 Å². The van der Waals surface area contributed by atoms with Crippen molar-refractivity contribution in [2.24, 2.45) is 0 Å². The molecule has 15 heavy (non-hydrogen) atoms. The Kier molecular flexibility index (Phi) is 5.17. The van der Waals surface area contributed by atoms with E-state index in [9.17, 15) is 0 Å². The van der Waals surface area contributed by atoms with Crippen LogP contribution in [0.4, 0.5) is 0 Å². The number of hydrogen-bond donors (Lipinski definition) is 0. The van der Waals surface area contributed by atoms with Gasteiger partial charge in [0.1, 0.15) is 0 Å². The van der Waals surface area contributed by atoms with E-state index < -0.39 is 18.4 Å². The van der Waals surface area contributed by atoms with Gasteiger partial charge in [0.15, 0.2) is 0 Å². The zero-order valence-corrected chi connectivity index (χ0v) is 13.5. The molecule has 1 heteroatoms. The molecule has 0 atom stereocenters. The molecule has 0 aliphatic carbocycles. The topological polar surface area (TPSA) is 0 Å². The molecule has 0 heterocycles. The summed E-state index contributed by atoms with van der Waals surface area (Å²) in [5.74, 6) is 0. The van der Waals surface area contributed by atoms with E-state index in [0.29, 0.717) is 0 Å². The van der Waals surface area contributed by atoms with Gasteiger partial charge in [0, 0.05) is 0 Å². The molecular weight excluding hydrogens is 287 g/mol. The van der Waals surface area contributed by atoms with Crippen LogP contribution in [0.25, 0.3) is 0 Å². The van der Waals surface area contributed by atoms with Gasteiger partial charge < -0.3 is 0 Å². The molecule has 1 aromatic carbocycles.